The van der Waals surface area contributed by atoms with E-state index in [1.165, 1.54) is 0 Å². The average Bonchev–Trinajstić information content (AvgIpc) is 3.20. The van der Waals surface area contributed by atoms with Crippen LogP contribution in [0, 0.1) is 0 Å². The van der Waals surface area contributed by atoms with Gasteiger partial charge >= 0.3 is 0 Å². The third-order valence-electron chi connectivity index (χ3n) is 4.17. The van der Waals surface area contributed by atoms with Crippen molar-refractivity contribution in [3.8, 4) is 11.3 Å². The van der Waals surface area contributed by atoms with E-state index >= 15 is 0 Å². The SMILES string of the molecule is Clc1cccc(Cl)c1-c1noc(C2CC2)c1COC1CNC1. The molecule has 0 bridgehead atoms. The molecule has 2 aromatic rings. The zero-order chi connectivity index (χ0) is 15.1. The fourth-order valence-corrected chi connectivity index (χ4v) is 3.21. The van der Waals surface area contributed by atoms with Crippen LogP contribution in [0.15, 0.2) is 22.7 Å². The summed E-state index contributed by atoms with van der Waals surface area (Å²) in [5.41, 5.74) is 2.43. The molecule has 2 heterocycles. The highest BCUT2D eigenvalue weighted by Crippen LogP contribution is 2.46. The standard InChI is InChI=1S/C16H16Cl2N2O2/c17-12-2-1-3-13(18)14(12)15-11(8-21-10-6-19-7-10)16(22-20-15)9-4-5-9/h1-3,9-10,19H,4-8H2. The van der Waals surface area contributed by atoms with Gasteiger partial charge in [-0.3, -0.25) is 0 Å². The number of hydrogen-bond acceptors (Lipinski definition) is 4. The number of halogens is 2. The minimum absolute atomic E-state index is 0.261. The zero-order valence-corrected chi connectivity index (χ0v) is 13.5. The van der Waals surface area contributed by atoms with E-state index in [9.17, 15) is 0 Å². The molecule has 116 valence electrons. The van der Waals surface area contributed by atoms with Crippen LogP contribution in [-0.4, -0.2) is 24.4 Å². The lowest BCUT2D eigenvalue weighted by molar-refractivity contribution is 0.00716. The fourth-order valence-electron chi connectivity index (χ4n) is 2.63. The van der Waals surface area contributed by atoms with Crippen molar-refractivity contribution in [1.82, 2.24) is 10.5 Å². The number of nitrogens with one attached hydrogen (secondary N) is 1. The van der Waals surface area contributed by atoms with Gasteiger partial charge in [-0.05, 0) is 25.0 Å². The van der Waals surface area contributed by atoms with Crippen molar-refractivity contribution in [3.63, 3.8) is 0 Å². The van der Waals surface area contributed by atoms with E-state index in [1.54, 1.807) is 0 Å². The van der Waals surface area contributed by atoms with E-state index in [0.29, 0.717) is 28.3 Å². The van der Waals surface area contributed by atoms with Gasteiger partial charge in [-0.25, -0.2) is 0 Å². The monoisotopic (exact) mass is 338 g/mol. The van der Waals surface area contributed by atoms with Gasteiger partial charge in [-0.2, -0.15) is 0 Å². The quantitative estimate of drug-likeness (QED) is 0.894. The molecule has 2 aliphatic rings. The Kier molecular flexibility index (Phi) is 3.86. The Hall–Kier alpha value is -1.07. The molecule has 1 aliphatic heterocycles. The Morgan fingerprint density at radius 2 is 1.95 bits per heavy atom. The predicted octanol–water partition coefficient (Wildman–Crippen LogP) is 4.01. The van der Waals surface area contributed by atoms with Crippen LogP contribution in [0.2, 0.25) is 10.0 Å². The molecular formula is C16H16Cl2N2O2. The van der Waals surface area contributed by atoms with Gasteiger partial charge in [0.25, 0.3) is 0 Å². The molecule has 1 aromatic carbocycles. The normalized spacial score (nSPS) is 18.5. The first-order valence-electron chi connectivity index (χ1n) is 7.49. The summed E-state index contributed by atoms with van der Waals surface area (Å²) in [6, 6.07) is 5.45. The molecule has 1 N–H and O–H groups in total. The molecule has 4 nitrogen and oxygen atoms in total. The first kappa shape index (κ1) is 14.5. The lowest BCUT2D eigenvalue weighted by Crippen LogP contribution is -2.48. The van der Waals surface area contributed by atoms with E-state index in [0.717, 1.165) is 42.8 Å². The van der Waals surface area contributed by atoms with Crippen LogP contribution >= 0.6 is 23.2 Å². The largest absolute Gasteiger partial charge is 0.371 e. The summed E-state index contributed by atoms with van der Waals surface area (Å²) in [6.07, 6.45) is 2.54. The Morgan fingerprint density at radius 3 is 2.55 bits per heavy atom. The van der Waals surface area contributed by atoms with Gasteiger partial charge in [0.2, 0.25) is 0 Å². The Labute approximate surface area is 138 Å². The van der Waals surface area contributed by atoms with Crippen molar-refractivity contribution in [2.24, 2.45) is 0 Å². The minimum Gasteiger partial charge on any atom is -0.371 e. The van der Waals surface area contributed by atoms with Crippen LogP contribution in [0.3, 0.4) is 0 Å². The molecule has 0 unspecified atom stereocenters. The number of benzene rings is 1. The molecule has 1 aliphatic carbocycles. The topological polar surface area (TPSA) is 47.3 Å². The van der Waals surface area contributed by atoms with E-state index in [1.807, 2.05) is 18.2 Å². The number of nitrogens with zero attached hydrogens (tertiary/aromatic N) is 1. The molecule has 1 saturated carbocycles. The van der Waals surface area contributed by atoms with Gasteiger partial charge in [0.15, 0.2) is 0 Å². The smallest absolute Gasteiger partial charge is 0.145 e. The van der Waals surface area contributed by atoms with Crippen LogP contribution in [0.25, 0.3) is 11.3 Å². The Balaban J connectivity index is 1.71. The van der Waals surface area contributed by atoms with Crippen molar-refractivity contribution >= 4 is 23.2 Å². The maximum atomic E-state index is 6.32. The highest BCUT2D eigenvalue weighted by Gasteiger charge is 2.34. The number of hydrogen-bond donors (Lipinski definition) is 1. The lowest BCUT2D eigenvalue weighted by atomic mass is 10.0. The van der Waals surface area contributed by atoms with Crippen molar-refractivity contribution in [2.75, 3.05) is 13.1 Å². The number of rotatable bonds is 5. The maximum absolute atomic E-state index is 6.32. The van der Waals surface area contributed by atoms with E-state index in [-0.39, 0.29) is 6.10 Å². The summed E-state index contributed by atoms with van der Waals surface area (Å²) < 4.78 is 11.5. The van der Waals surface area contributed by atoms with Crippen molar-refractivity contribution < 1.29 is 9.26 Å². The summed E-state index contributed by atoms with van der Waals surface area (Å²) >= 11 is 12.6. The van der Waals surface area contributed by atoms with Gasteiger partial charge in [-0.15, -0.1) is 0 Å². The molecular weight excluding hydrogens is 323 g/mol. The van der Waals surface area contributed by atoms with E-state index in [2.05, 4.69) is 10.5 Å². The van der Waals surface area contributed by atoms with Crippen molar-refractivity contribution in [1.29, 1.82) is 0 Å². The summed E-state index contributed by atoms with van der Waals surface area (Å²) in [6.45, 7) is 2.27. The predicted molar refractivity (Wildman–Crippen MR) is 85.4 cm³/mol. The molecule has 1 saturated heterocycles. The molecule has 0 amide bonds. The van der Waals surface area contributed by atoms with Crippen LogP contribution in [0.5, 0.6) is 0 Å². The minimum atomic E-state index is 0.261. The summed E-state index contributed by atoms with van der Waals surface area (Å²) in [7, 11) is 0. The van der Waals surface area contributed by atoms with Gasteiger partial charge in [0.1, 0.15) is 11.5 Å². The van der Waals surface area contributed by atoms with Gasteiger partial charge in [0, 0.05) is 30.1 Å². The summed E-state index contributed by atoms with van der Waals surface area (Å²) in [4.78, 5) is 0. The molecule has 0 radical (unpaired) electrons. The summed E-state index contributed by atoms with van der Waals surface area (Å²) in [5.74, 6) is 1.39. The molecule has 0 atom stereocenters. The Morgan fingerprint density at radius 1 is 1.23 bits per heavy atom. The second kappa shape index (κ2) is 5.85. The molecule has 1 aromatic heterocycles. The van der Waals surface area contributed by atoms with Crippen LogP contribution in [0.4, 0.5) is 0 Å². The second-order valence-corrected chi connectivity index (χ2v) is 6.65. The molecule has 2 fully saturated rings. The highest BCUT2D eigenvalue weighted by atomic mass is 35.5. The van der Waals surface area contributed by atoms with Gasteiger partial charge < -0.3 is 14.6 Å². The zero-order valence-electron chi connectivity index (χ0n) is 11.9. The molecule has 4 rings (SSSR count). The van der Waals surface area contributed by atoms with Crippen molar-refractivity contribution in [3.05, 3.63) is 39.6 Å². The van der Waals surface area contributed by atoms with E-state index < -0.39 is 0 Å². The fraction of sp³-hybridized carbons (Fsp3) is 0.438. The van der Waals surface area contributed by atoms with Crippen LogP contribution in [-0.2, 0) is 11.3 Å². The number of aromatic nitrogens is 1. The first-order chi connectivity index (χ1) is 10.7. The lowest BCUT2D eigenvalue weighted by Gasteiger charge is -2.27. The molecule has 22 heavy (non-hydrogen) atoms. The van der Waals surface area contributed by atoms with Gasteiger partial charge in [0.05, 0.1) is 22.8 Å². The van der Waals surface area contributed by atoms with Crippen LogP contribution in [0.1, 0.15) is 30.1 Å². The molecule has 6 heteroatoms. The average molecular weight is 339 g/mol. The summed E-state index contributed by atoms with van der Waals surface area (Å²) in [5, 5.41) is 8.61. The third-order valence-corrected chi connectivity index (χ3v) is 4.80. The first-order valence-corrected chi connectivity index (χ1v) is 8.24. The maximum Gasteiger partial charge on any atom is 0.145 e. The van der Waals surface area contributed by atoms with Crippen LogP contribution < -0.4 is 5.32 Å². The number of ether oxygens (including phenoxy) is 1. The van der Waals surface area contributed by atoms with Crippen molar-refractivity contribution in [2.45, 2.75) is 31.5 Å². The second-order valence-electron chi connectivity index (χ2n) is 5.84. The molecule has 0 spiro atoms. The Bertz CT molecular complexity index is 673. The van der Waals surface area contributed by atoms with E-state index in [4.69, 9.17) is 32.5 Å². The third kappa shape index (κ3) is 2.65. The highest BCUT2D eigenvalue weighted by molar-refractivity contribution is 6.39. The van der Waals surface area contributed by atoms with Gasteiger partial charge in [-0.1, -0.05) is 34.4 Å².